The number of rotatable bonds is 6. The smallest absolute Gasteiger partial charge is 0.273 e. The summed E-state index contributed by atoms with van der Waals surface area (Å²) in [5.41, 5.74) is 3.48. The number of hydrogen-bond acceptors (Lipinski definition) is 4. The molecule has 0 bridgehead atoms. The molecule has 1 heterocycles. The van der Waals surface area contributed by atoms with E-state index in [-0.39, 0.29) is 18.1 Å². The number of benzene rings is 2. The molecule has 28 heavy (non-hydrogen) atoms. The quantitative estimate of drug-likeness (QED) is 0.687. The normalized spacial score (nSPS) is 18.9. The van der Waals surface area contributed by atoms with Gasteiger partial charge in [-0.15, -0.1) is 0 Å². The maximum atomic E-state index is 12.6. The van der Waals surface area contributed by atoms with Crippen LogP contribution in [0.3, 0.4) is 0 Å². The van der Waals surface area contributed by atoms with Crippen molar-refractivity contribution in [1.82, 2.24) is 10.5 Å². The third-order valence-corrected chi connectivity index (χ3v) is 5.12. The Balaban J connectivity index is 1.37. The Morgan fingerprint density at radius 1 is 1.14 bits per heavy atom. The van der Waals surface area contributed by atoms with E-state index in [1.54, 1.807) is 6.07 Å². The van der Waals surface area contributed by atoms with E-state index in [1.165, 1.54) is 0 Å². The summed E-state index contributed by atoms with van der Waals surface area (Å²) >= 11 is 0. The fraction of sp³-hybridized carbons (Fsp3) is 0.304. The van der Waals surface area contributed by atoms with E-state index in [0.717, 1.165) is 36.0 Å². The number of amides is 1. The zero-order valence-electron chi connectivity index (χ0n) is 15.9. The number of ether oxygens (including phenoxy) is 1. The van der Waals surface area contributed by atoms with E-state index in [1.807, 2.05) is 61.5 Å². The monoisotopic (exact) mass is 376 g/mol. The highest BCUT2D eigenvalue weighted by atomic mass is 16.5. The van der Waals surface area contributed by atoms with Gasteiger partial charge in [0.25, 0.3) is 5.91 Å². The summed E-state index contributed by atoms with van der Waals surface area (Å²) in [4.78, 5) is 12.6. The van der Waals surface area contributed by atoms with E-state index in [9.17, 15) is 4.79 Å². The van der Waals surface area contributed by atoms with Gasteiger partial charge in [0.1, 0.15) is 0 Å². The molecule has 2 atom stereocenters. The van der Waals surface area contributed by atoms with Crippen LogP contribution in [0.2, 0.25) is 0 Å². The van der Waals surface area contributed by atoms with Crippen LogP contribution in [0.4, 0.5) is 0 Å². The summed E-state index contributed by atoms with van der Waals surface area (Å²) in [7, 11) is 0. The molecule has 1 aliphatic rings. The van der Waals surface area contributed by atoms with Crippen molar-refractivity contribution in [1.29, 1.82) is 0 Å². The SMILES string of the molecule is Cc1cccc(-c2cc(C(=O)N[C@H]3CCC[C@@H]3OCc3ccccc3)no2)c1. The maximum Gasteiger partial charge on any atom is 0.273 e. The van der Waals surface area contributed by atoms with Gasteiger partial charge in [-0.1, -0.05) is 59.3 Å². The van der Waals surface area contributed by atoms with Crippen molar-refractivity contribution in [2.45, 2.75) is 44.9 Å². The standard InChI is InChI=1S/C23H24N2O3/c1-16-7-5-10-18(13-16)22-14-20(25-28-22)23(26)24-19-11-6-12-21(19)27-15-17-8-3-2-4-9-17/h2-5,7-10,13-14,19,21H,6,11-12,15H2,1H3,(H,24,26)/t19-,21-/m0/s1. The van der Waals surface area contributed by atoms with Gasteiger partial charge >= 0.3 is 0 Å². The highest BCUT2D eigenvalue weighted by molar-refractivity contribution is 5.93. The molecule has 0 aliphatic heterocycles. The number of hydrogen-bond donors (Lipinski definition) is 1. The van der Waals surface area contributed by atoms with Crippen molar-refractivity contribution < 1.29 is 14.1 Å². The summed E-state index contributed by atoms with van der Waals surface area (Å²) in [6, 6.07) is 19.7. The Kier molecular flexibility index (Phi) is 5.53. The summed E-state index contributed by atoms with van der Waals surface area (Å²) in [5, 5.41) is 7.03. The summed E-state index contributed by atoms with van der Waals surface area (Å²) in [5.74, 6) is 0.375. The number of nitrogens with one attached hydrogen (secondary N) is 1. The van der Waals surface area contributed by atoms with Crippen molar-refractivity contribution in [2.75, 3.05) is 0 Å². The second-order valence-electron chi connectivity index (χ2n) is 7.29. The third-order valence-electron chi connectivity index (χ3n) is 5.12. The van der Waals surface area contributed by atoms with Gasteiger partial charge < -0.3 is 14.6 Å². The molecule has 1 amide bonds. The Morgan fingerprint density at radius 2 is 2.00 bits per heavy atom. The van der Waals surface area contributed by atoms with E-state index < -0.39 is 0 Å². The van der Waals surface area contributed by atoms with Crippen LogP contribution in [0.5, 0.6) is 0 Å². The highest BCUT2D eigenvalue weighted by Gasteiger charge is 2.30. The van der Waals surface area contributed by atoms with Gasteiger partial charge in [-0.3, -0.25) is 4.79 Å². The zero-order valence-corrected chi connectivity index (χ0v) is 15.9. The van der Waals surface area contributed by atoms with E-state index >= 15 is 0 Å². The molecule has 5 heteroatoms. The lowest BCUT2D eigenvalue weighted by atomic mass is 10.1. The third kappa shape index (κ3) is 4.31. The van der Waals surface area contributed by atoms with Crippen LogP contribution in [0, 0.1) is 6.92 Å². The van der Waals surface area contributed by atoms with Gasteiger partial charge in [-0.05, 0) is 37.8 Å². The maximum absolute atomic E-state index is 12.6. The van der Waals surface area contributed by atoms with E-state index in [0.29, 0.717) is 18.1 Å². The number of carbonyl (C=O) groups is 1. The minimum absolute atomic E-state index is 0.00432. The Morgan fingerprint density at radius 3 is 2.82 bits per heavy atom. The average Bonchev–Trinajstić information content (AvgIpc) is 3.37. The molecular weight excluding hydrogens is 352 g/mol. The molecule has 0 spiro atoms. The predicted octanol–water partition coefficient (Wildman–Crippen LogP) is 4.52. The van der Waals surface area contributed by atoms with Crippen LogP contribution in [0.25, 0.3) is 11.3 Å². The van der Waals surface area contributed by atoms with Gasteiger partial charge in [0.2, 0.25) is 0 Å². The van der Waals surface area contributed by atoms with Crippen LogP contribution in [-0.2, 0) is 11.3 Å². The van der Waals surface area contributed by atoms with E-state index in [2.05, 4.69) is 10.5 Å². The van der Waals surface area contributed by atoms with Crippen molar-refractivity contribution >= 4 is 5.91 Å². The Bertz CT molecular complexity index is 936. The lowest BCUT2D eigenvalue weighted by molar-refractivity contribution is 0.0271. The fourth-order valence-electron chi connectivity index (χ4n) is 3.63. The van der Waals surface area contributed by atoms with Crippen LogP contribution in [0.15, 0.2) is 65.2 Å². The molecule has 1 fully saturated rings. The van der Waals surface area contributed by atoms with E-state index in [4.69, 9.17) is 9.26 Å². The molecule has 144 valence electrons. The first-order valence-electron chi connectivity index (χ1n) is 9.69. The Labute approximate surface area is 164 Å². The highest BCUT2D eigenvalue weighted by Crippen LogP contribution is 2.25. The van der Waals surface area contributed by atoms with Crippen LogP contribution < -0.4 is 5.32 Å². The minimum atomic E-state index is -0.220. The fourth-order valence-corrected chi connectivity index (χ4v) is 3.63. The second kappa shape index (κ2) is 8.40. The molecule has 1 N–H and O–H groups in total. The topological polar surface area (TPSA) is 64.4 Å². The van der Waals surface area contributed by atoms with Gasteiger partial charge in [0, 0.05) is 11.6 Å². The second-order valence-corrected chi connectivity index (χ2v) is 7.29. The summed E-state index contributed by atoms with van der Waals surface area (Å²) in [6.45, 7) is 2.57. The molecule has 1 aromatic heterocycles. The van der Waals surface area contributed by atoms with Crippen molar-refractivity contribution in [3.63, 3.8) is 0 Å². The van der Waals surface area contributed by atoms with Gasteiger partial charge in [0.15, 0.2) is 11.5 Å². The Hall–Kier alpha value is -2.92. The van der Waals surface area contributed by atoms with Gasteiger partial charge in [-0.25, -0.2) is 0 Å². The molecule has 0 saturated heterocycles. The number of nitrogens with zero attached hydrogens (tertiary/aromatic N) is 1. The first kappa shape index (κ1) is 18.4. The number of carbonyl (C=O) groups excluding carboxylic acids is 1. The average molecular weight is 376 g/mol. The van der Waals surface area contributed by atoms with Crippen molar-refractivity contribution in [3.8, 4) is 11.3 Å². The molecular formula is C23H24N2O3. The van der Waals surface area contributed by atoms with Crippen LogP contribution >= 0.6 is 0 Å². The van der Waals surface area contributed by atoms with Gasteiger partial charge in [0.05, 0.1) is 18.8 Å². The molecule has 4 rings (SSSR count). The minimum Gasteiger partial charge on any atom is -0.371 e. The molecule has 0 radical (unpaired) electrons. The molecule has 1 saturated carbocycles. The molecule has 5 nitrogen and oxygen atoms in total. The zero-order chi connectivity index (χ0) is 19.3. The largest absolute Gasteiger partial charge is 0.371 e. The first-order valence-corrected chi connectivity index (χ1v) is 9.69. The van der Waals surface area contributed by atoms with Crippen LogP contribution in [-0.4, -0.2) is 23.2 Å². The first-order chi connectivity index (χ1) is 13.7. The summed E-state index contributed by atoms with van der Waals surface area (Å²) < 4.78 is 11.4. The number of aromatic nitrogens is 1. The summed E-state index contributed by atoms with van der Waals surface area (Å²) in [6.07, 6.45) is 2.92. The van der Waals surface area contributed by atoms with Gasteiger partial charge in [-0.2, -0.15) is 0 Å². The van der Waals surface area contributed by atoms with Crippen molar-refractivity contribution in [2.24, 2.45) is 0 Å². The molecule has 3 aromatic rings. The van der Waals surface area contributed by atoms with Crippen molar-refractivity contribution in [3.05, 3.63) is 77.5 Å². The molecule has 1 aliphatic carbocycles. The lowest BCUT2D eigenvalue weighted by Gasteiger charge is -2.21. The van der Waals surface area contributed by atoms with Crippen LogP contribution in [0.1, 0.15) is 40.9 Å². The molecule has 0 unspecified atom stereocenters. The predicted molar refractivity (Wildman–Crippen MR) is 107 cm³/mol. The number of aryl methyl sites for hydroxylation is 1. The lowest BCUT2D eigenvalue weighted by Crippen LogP contribution is -2.41. The molecule has 2 aromatic carbocycles.